The second kappa shape index (κ2) is 4.87. The van der Waals surface area contributed by atoms with E-state index in [1.54, 1.807) is 0 Å². The van der Waals surface area contributed by atoms with E-state index in [4.69, 9.17) is 13.7 Å². The van der Waals surface area contributed by atoms with E-state index >= 15 is 0 Å². The van der Waals surface area contributed by atoms with E-state index in [0.717, 1.165) is 34.7 Å². The SMILES string of the molecule is CC(=O)OSC(C)c1cc2c(cc1C)OCO2. The van der Waals surface area contributed by atoms with Gasteiger partial charge in [-0.3, -0.25) is 4.79 Å². The summed E-state index contributed by atoms with van der Waals surface area (Å²) in [4.78, 5) is 10.8. The molecule has 1 heterocycles. The molecular weight excluding hydrogens is 240 g/mol. The Hall–Kier alpha value is -1.36. The van der Waals surface area contributed by atoms with Gasteiger partial charge in [0.05, 0.1) is 17.3 Å². The fourth-order valence-electron chi connectivity index (χ4n) is 1.69. The van der Waals surface area contributed by atoms with Crippen LogP contribution in [0.25, 0.3) is 0 Å². The molecule has 0 aliphatic carbocycles. The smallest absolute Gasteiger partial charge is 0.314 e. The third-order valence-corrected chi connectivity index (χ3v) is 3.38. The molecule has 1 aromatic carbocycles. The van der Waals surface area contributed by atoms with Crippen molar-refractivity contribution in [2.24, 2.45) is 0 Å². The van der Waals surface area contributed by atoms with Crippen LogP contribution in [0.4, 0.5) is 0 Å². The molecule has 1 aliphatic rings. The second-order valence-electron chi connectivity index (χ2n) is 3.88. The molecule has 0 saturated carbocycles. The highest BCUT2D eigenvalue weighted by atomic mass is 32.2. The second-order valence-corrected chi connectivity index (χ2v) is 4.94. The van der Waals surface area contributed by atoms with Crippen LogP contribution in [0.1, 0.15) is 30.2 Å². The van der Waals surface area contributed by atoms with Crippen molar-refractivity contribution in [1.29, 1.82) is 0 Å². The van der Waals surface area contributed by atoms with E-state index in [0.29, 0.717) is 0 Å². The fourth-order valence-corrected chi connectivity index (χ4v) is 2.33. The molecule has 2 rings (SSSR count). The number of benzene rings is 1. The van der Waals surface area contributed by atoms with Crippen LogP contribution in [-0.4, -0.2) is 12.8 Å². The van der Waals surface area contributed by atoms with Gasteiger partial charge in [-0.1, -0.05) is 0 Å². The molecule has 0 amide bonds. The lowest BCUT2D eigenvalue weighted by atomic mass is 10.1. The van der Waals surface area contributed by atoms with Crippen molar-refractivity contribution in [3.63, 3.8) is 0 Å². The quantitative estimate of drug-likeness (QED) is 0.776. The minimum atomic E-state index is -0.291. The lowest BCUT2D eigenvalue weighted by Crippen LogP contribution is -1.97. The predicted molar refractivity (Wildman–Crippen MR) is 65.1 cm³/mol. The first-order chi connectivity index (χ1) is 8.08. The van der Waals surface area contributed by atoms with Crippen LogP contribution in [0.2, 0.25) is 0 Å². The number of hydrogen-bond donors (Lipinski definition) is 0. The lowest BCUT2D eigenvalue weighted by Gasteiger charge is -2.13. The van der Waals surface area contributed by atoms with Gasteiger partial charge in [-0.15, -0.1) is 0 Å². The molecule has 1 atom stereocenters. The molecule has 0 spiro atoms. The van der Waals surface area contributed by atoms with Crippen molar-refractivity contribution in [2.75, 3.05) is 6.79 Å². The van der Waals surface area contributed by atoms with Crippen LogP contribution in [-0.2, 0) is 8.98 Å². The van der Waals surface area contributed by atoms with E-state index in [9.17, 15) is 4.79 Å². The summed E-state index contributed by atoms with van der Waals surface area (Å²) in [5.74, 6) is 1.23. The van der Waals surface area contributed by atoms with Crippen molar-refractivity contribution >= 4 is 18.0 Å². The molecule has 1 aliphatic heterocycles. The van der Waals surface area contributed by atoms with E-state index in [-0.39, 0.29) is 18.0 Å². The molecule has 0 fully saturated rings. The molecule has 0 radical (unpaired) electrons. The Bertz CT molecular complexity index is 444. The Morgan fingerprint density at radius 2 is 2.06 bits per heavy atom. The molecule has 1 aromatic rings. The molecule has 0 N–H and O–H groups in total. The average Bonchev–Trinajstić information content (AvgIpc) is 2.71. The van der Waals surface area contributed by atoms with Crippen LogP contribution in [0, 0.1) is 6.92 Å². The van der Waals surface area contributed by atoms with Crippen molar-refractivity contribution in [2.45, 2.75) is 26.0 Å². The summed E-state index contributed by atoms with van der Waals surface area (Å²) in [5, 5.41) is 0.0633. The standard InChI is InChI=1S/C12H14O4S/c1-7-4-11-12(15-6-14-11)5-10(7)8(2)17-16-9(3)13/h4-5,8H,6H2,1-3H3. The van der Waals surface area contributed by atoms with Crippen LogP contribution in [0.5, 0.6) is 11.5 Å². The van der Waals surface area contributed by atoms with Crippen molar-refractivity contribution in [3.8, 4) is 11.5 Å². The molecule has 0 bridgehead atoms. The van der Waals surface area contributed by atoms with Gasteiger partial charge in [-0.2, -0.15) is 0 Å². The van der Waals surface area contributed by atoms with E-state index in [1.165, 1.54) is 6.92 Å². The molecular formula is C12H14O4S. The highest BCUT2D eigenvalue weighted by molar-refractivity contribution is 7.95. The van der Waals surface area contributed by atoms with Gasteiger partial charge >= 0.3 is 5.97 Å². The largest absolute Gasteiger partial charge is 0.454 e. The van der Waals surface area contributed by atoms with E-state index in [1.807, 2.05) is 26.0 Å². The zero-order chi connectivity index (χ0) is 12.4. The van der Waals surface area contributed by atoms with E-state index in [2.05, 4.69) is 0 Å². The first-order valence-corrected chi connectivity index (χ1v) is 6.12. The highest BCUT2D eigenvalue weighted by Crippen LogP contribution is 2.40. The van der Waals surface area contributed by atoms with Gasteiger partial charge in [-0.25, -0.2) is 0 Å². The molecule has 1 unspecified atom stereocenters. The first-order valence-electron chi connectivity index (χ1n) is 5.32. The first kappa shape index (κ1) is 12.1. The van der Waals surface area contributed by atoms with E-state index < -0.39 is 0 Å². The molecule has 17 heavy (non-hydrogen) atoms. The third kappa shape index (κ3) is 2.66. The number of ether oxygens (including phenoxy) is 2. The molecule has 0 saturated heterocycles. The summed E-state index contributed by atoms with van der Waals surface area (Å²) in [5.41, 5.74) is 2.18. The van der Waals surface area contributed by atoms with Crippen LogP contribution in [0.15, 0.2) is 12.1 Å². The average molecular weight is 254 g/mol. The maximum Gasteiger partial charge on any atom is 0.314 e. The maximum absolute atomic E-state index is 10.8. The van der Waals surface area contributed by atoms with Crippen LogP contribution < -0.4 is 9.47 Å². The normalized spacial score (nSPS) is 14.5. The topological polar surface area (TPSA) is 44.8 Å². The molecule has 92 valence electrons. The number of rotatable bonds is 3. The van der Waals surface area contributed by atoms with Gasteiger partial charge < -0.3 is 13.7 Å². The van der Waals surface area contributed by atoms with Crippen molar-refractivity contribution < 1.29 is 18.5 Å². The Labute approximate surface area is 104 Å². The predicted octanol–water partition coefficient (Wildman–Crippen LogP) is 3.00. The summed E-state index contributed by atoms with van der Waals surface area (Å²) in [6.07, 6.45) is 0. The van der Waals surface area contributed by atoms with Crippen molar-refractivity contribution in [3.05, 3.63) is 23.3 Å². The maximum atomic E-state index is 10.8. The zero-order valence-corrected chi connectivity index (χ0v) is 10.8. The van der Waals surface area contributed by atoms with Gasteiger partial charge in [-0.05, 0) is 37.1 Å². The molecule has 5 heteroatoms. The van der Waals surface area contributed by atoms with Crippen LogP contribution in [0.3, 0.4) is 0 Å². The highest BCUT2D eigenvalue weighted by Gasteiger charge is 2.19. The number of fused-ring (bicyclic) bond motifs is 1. The number of aryl methyl sites for hydroxylation is 1. The Morgan fingerprint density at radius 3 is 2.71 bits per heavy atom. The lowest BCUT2D eigenvalue weighted by molar-refractivity contribution is -0.130. The summed E-state index contributed by atoms with van der Waals surface area (Å²) >= 11 is 1.15. The minimum absolute atomic E-state index is 0.0633. The molecule has 0 aromatic heterocycles. The Balaban J connectivity index is 2.17. The monoisotopic (exact) mass is 254 g/mol. The third-order valence-electron chi connectivity index (χ3n) is 2.51. The van der Waals surface area contributed by atoms with Crippen LogP contribution >= 0.6 is 12.0 Å². The summed E-state index contributed by atoms with van der Waals surface area (Å²) in [6, 6.07) is 3.89. The van der Waals surface area contributed by atoms with Gasteiger partial charge in [0, 0.05) is 6.92 Å². The zero-order valence-electron chi connectivity index (χ0n) is 9.98. The summed E-state index contributed by atoms with van der Waals surface area (Å²) in [7, 11) is 0. The Kier molecular flexibility index (Phi) is 3.47. The van der Waals surface area contributed by atoms with Gasteiger partial charge in [0.25, 0.3) is 0 Å². The van der Waals surface area contributed by atoms with Gasteiger partial charge in [0.1, 0.15) is 0 Å². The fraction of sp³-hybridized carbons (Fsp3) is 0.417. The summed E-state index contributed by atoms with van der Waals surface area (Å²) < 4.78 is 15.6. The summed E-state index contributed by atoms with van der Waals surface area (Å²) in [6.45, 7) is 5.65. The minimum Gasteiger partial charge on any atom is -0.454 e. The molecule has 4 nitrogen and oxygen atoms in total. The Morgan fingerprint density at radius 1 is 1.41 bits per heavy atom. The van der Waals surface area contributed by atoms with Gasteiger partial charge in [0.2, 0.25) is 6.79 Å². The van der Waals surface area contributed by atoms with Crippen molar-refractivity contribution in [1.82, 2.24) is 0 Å². The number of carbonyl (C=O) groups is 1. The van der Waals surface area contributed by atoms with Gasteiger partial charge in [0.15, 0.2) is 11.5 Å². The number of carbonyl (C=O) groups excluding carboxylic acids is 1. The number of hydrogen-bond acceptors (Lipinski definition) is 5.